The zero-order valence-electron chi connectivity index (χ0n) is 13.8. The Balaban J connectivity index is 1.49. The maximum absolute atomic E-state index is 12.4. The third-order valence-electron chi connectivity index (χ3n) is 3.81. The third kappa shape index (κ3) is 3.71. The van der Waals surface area contributed by atoms with Crippen molar-refractivity contribution in [2.45, 2.75) is 6.54 Å². The summed E-state index contributed by atoms with van der Waals surface area (Å²) in [5, 5.41) is 13.8. The highest BCUT2D eigenvalue weighted by atomic mass is 35.5. The molecule has 0 fully saturated rings. The lowest BCUT2D eigenvalue weighted by molar-refractivity contribution is -0.117. The molecule has 0 aliphatic carbocycles. The van der Waals surface area contributed by atoms with Crippen LogP contribution >= 0.6 is 22.9 Å². The van der Waals surface area contributed by atoms with Crippen molar-refractivity contribution in [3.8, 4) is 11.3 Å². The predicted octanol–water partition coefficient (Wildman–Crippen LogP) is 3.21. The SMILES string of the molecule is O=C(Cn1nnc2ccccc2c1=O)Nc1nc(-c2ccc(Cl)cc2)cs1. The second-order valence-corrected chi connectivity index (χ2v) is 6.96. The van der Waals surface area contributed by atoms with Crippen LogP contribution in [-0.2, 0) is 11.3 Å². The Labute approximate surface area is 162 Å². The topological polar surface area (TPSA) is 89.8 Å². The summed E-state index contributed by atoms with van der Waals surface area (Å²) in [5.74, 6) is -0.404. The van der Waals surface area contributed by atoms with E-state index in [1.54, 1.807) is 36.4 Å². The molecule has 0 atom stereocenters. The Morgan fingerprint density at radius 2 is 1.93 bits per heavy atom. The maximum atomic E-state index is 12.4. The van der Waals surface area contributed by atoms with E-state index in [1.807, 2.05) is 17.5 Å². The van der Waals surface area contributed by atoms with Crippen molar-refractivity contribution in [2.75, 3.05) is 5.32 Å². The van der Waals surface area contributed by atoms with Gasteiger partial charge in [-0.1, -0.05) is 41.1 Å². The first-order valence-electron chi connectivity index (χ1n) is 7.94. The summed E-state index contributed by atoms with van der Waals surface area (Å²) in [6.07, 6.45) is 0. The molecule has 1 amide bonds. The molecule has 9 heteroatoms. The average Bonchev–Trinajstić information content (AvgIpc) is 3.13. The number of halogens is 1. The summed E-state index contributed by atoms with van der Waals surface area (Å²) in [6.45, 7) is -0.244. The Kier molecular flexibility index (Phi) is 4.66. The van der Waals surface area contributed by atoms with E-state index in [-0.39, 0.29) is 12.1 Å². The molecule has 0 aliphatic rings. The lowest BCUT2D eigenvalue weighted by Gasteiger charge is -2.04. The number of aromatic nitrogens is 4. The number of nitrogens with zero attached hydrogens (tertiary/aromatic N) is 4. The minimum Gasteiger partial charge on any atom is -0.300 e. The fraction of sp³-hybridized carbons (Fsp3) is 0.0556. The number of amides is 1. The van der Waals surface area contributed by atoms with Crippen LogP contribution in [0.3, 0.4) is 0 Å². The molecule has 27 heavy (non-hydrogen) atoms. The van der Waals surface area contributed by atoms with E-state index in [0.717, 1.165) is 15.9 Å². The zero-order valence-corrected chi connectivity index (χ0v) is 15.4. The molecule has 0 radical (unpaired) electrons. The number of thiazole rings is 1. The molecule has 2 aromatic heterocycles. The van der Waals surface area contributed by atoms with Crippen LogP contribution in [-0.4, -0.2) is 25.9 Å². The van der Waals surface area contributed by atoms with Crippen molar-refractivity contribution in [1.29, 1.82) is 0 Å². The van der Waals surface area contributed by atoms with Crippen LogP contribution in [0.1, 0.15) is 0 Å². The molecule has 0 saturated heterocycles. The predicted molar refractivity (Wildman–Crippen MR) is 105 cm³/mol. The molecule has 0 unspecified atom stereocenters. The Bertz CT molecular complexity index is 1190. The first-order valence-corrected chi connectivity index (χ1v) is 9.20. The smallest absolute Gasteiger partial charge is 0.278 e. The van der Waals surface area contributed by atoms with E-state index in [1.165, 1.54) is 11.3 Å². The first-order chi connectivity index (χ1) is 13.1. The molecule has 0 spiro atoms. The van der Waals surface area contributed by atoms with Gasteiger partial charge < -0.3 is 5.32 Å². The van der Waals surface area contributed by atoms with Gasteiger partial charge in [-0.3, -0.25) is 9.59 Å². The van der Waals surface area contributed by atoms with Crippen LogP contribution in [0.2, 0.25) is 5.02 Å². The molecule has 0 bridgehead atoms. The van der Waals surface area contributed by atoms with E-state index in [9.17, 15) is 9.59 Å². The van der Waals surface area contributed by atoms with Gasteiger partial charge in [0, 0.05) is 16.0 Å². The van der Waals surface area contributed by atoms with Gasteiger partial charge in [-0.15, -0.1) is 16.4 Å². The van der Waals surface area contributed by atoms with Gasteiger partial charge in [0.15, 0.2) is 5.13 Å². The number of hydrogen-bond donors (Lipinski definition) is 1. The van der Waals surface area contributed by atoms with Crippen LogP contribution in [0.4, 0.5) is 5.13 Å². The quantitative estimate of drug-likeness (QED) is 0.571. The monoisotopic (exact) mass is 397 g/mol. The summed E-state index contributed by atoms with van der Waals surface area (Å²) in [7, 11) is 0. The third-order valence-corrected chi connectivity index (χ3v) is 4.82. The highest BCUT2D eigenvalue weighted by Crippen LogP contribution is 2.25. The van der Waals surface area contributed by atoms with Crippen LogP contribution in [0.5, 0.6) is 0 Å². The number of benzene rings is 2. The van der Waals surface area contributed by atoms with Crippen molar-refractivity contribution in [1.82, 2.24) is 20.0 Å². The summed E-state index contributed by atoms with van der Waals surface area (Å²) in [4.78, 5) is 29.0. The number of anilines is 1. The van der Waals surface area contributed by atoms with Crippen LogP contribution in [0.25, 0.3) is 22.2 Å². The number of carbonyl (C=O) groups excluding carboxylic acids is 1. The minimum atomic E-state index is -0.404. The number of fused-ring (bicyclic) bond motifs is 1. The van der Waals surface area contributed by atoms with Crippen LogP contribution < -0.4 is 10.9 Å². The van der Waals surface area contributed by atoms with Crippen molar-refractivity contribution in [3.05, 3.63) is 69.3 Å². The van der Waals surface area contributed by atoms with Crippen molar-refractivity contribution >= 4 is 44.9 Å². The molecule has 0 saturated carbocycles. The molecule has 134 valence electrons. The molecular weight excluding hydrogens is 386 g/mol. The number of nitrogens with one attached hydrogen (secondary N) is 1. The second kappa shape index (κ2) is 7.26. The fourth-order valence-electron chi connectivity index (χ4n) is 2.51. The first kappa shape index (κ1) is 17.3. The van der Waals surface area contributed by atoms with Gasteiger partial charge in [0.05, 0.1) is 11.1 Å². The number of hydrogen-bond acceptors (Lipinski definition) is 6. The van der Waals surface area contributed by atoms with Gasteiger partial charge in [-0.05, 0) is 24.3 Å². The lowest BCUT2D eigenvalue weighted by Crippen LogP contribution is -2.30. The molecule has 0 aliphatic heterocycles. The summed E-state index contributed by atoms with van der Waals surface area (Å²) in [5.41, 5.74) is 1.76. The van der Waals surface area contributed by atoms with E-state index in [4.69, 9.17) is 11.6 Å². The molecule has 1 N–H and O–H groups in total. The maximum Gasteiger partial charge on any atom is 0.278 e. The average molecular weight is 398 g/mol. The van der Waals surface area contributed by atoms with Gasteiger partial charge in [-0.2, -0.15) is 0 Å². The minimum absolute atomic E-state index is 0.244. The Morgan fingerprint density at radius 1 is 1.15 bits per heavy atom. The summed E-state index contributed by atoms with van der Waals surface area (Å²) in [6, 6.07) is 14.1. The van der Waals surface area contributed by atoms with Gasteiger partial charge >= 0.3 is 0 Å². The summed E-state index contributed by atoms with van der Waals surface area (Å²) < 4.78 is 1.03. The molecular formula is C18H12ClN5O2S. The lowest BCUT2D eigenvalue weighted by atomic mass is 10.2. The Morgan fingerprint density at radius 3 is 2.74 bits per heavy atom. The zero-order chi connectivity index (χ0) is 18.8. The highest BCUT2D eigenvalue weighted by Gasteiger charge is 2.12. The van der Waals surface area contributed by atoms with Crippen molar-refractivity contribution in [2.24, 2.45) is 0 Å². The van der Waals surface area contributed by atoms with E-state index < -0.39 is 5.91 Å². The molecule has 4 rings (SSSR count). The largest absolute Gasteiger partial charge is 0.300 e. The van der Waals surface area contributed by atoms with E-state index in [2.05, 4.69) is 20.6 Å². The molecule has 2 aromatic carbocycles. The van der Waals surface area contributed by atoms with E-state index >= 15 is 0 Å². The van der Waals surface area contributed by atoms with E-state index in [0.29, 0.717) is 21.1 Å². The van der Waals surface area contributed by atoms with Crippen molar-refractivity contribution in [3.63, 3.8) is 0 Å². The molecule has 2 heterocycles. The van der Waals surface area contributed by atoms with Crippen molar-refractivity contribution < 1.29 is 4.79 Å². The summed E-state index contributed by atoms with van der Waals surface area (Å²) >= 11 is 7.18. The van der Waals surface area contributed by atoms with Gasteiger partial charge in [0.25, 0.3) is 5.56 Å². The van der Waals surface area contributed by atoms with Crippen LogP contribution in [0.15, 0.2) is 58.7 Å². The molecule has 4 aromatic rings. The standard InChI is InChI=1S/C18H12ClN5O2S/c19-12-7-5-11(6-8-12)15-10-27-18(20-15)21-16(25)9-24-17(26)13-3-1-2-4-14(13)22-23-24/h1-8,10H,9H2,(H,20,21,25). The second-order valence-electron chi connectivity index (χ2n) is 5.66. The van der Waals surface area contributed by atoms with Gasteiger partial charge in [0.1, 0.15) is 12.1 Å². The fourth-order valence-corrected chi connectivity index (χ4v) is 3.37. The Hall–Kier alpha value is -3.10. The van der Waals surface area contributed by atoms with Crippen LogP contribution in [0, 0.1) is 0 Å². The molecule has 7 nitrogen and oxygen atoms in total. The van der Waals surface area contributed by atoms with Gasteiger partial charge in [-0.25, -0.2) is 9.67 Å². The van der Waals surface area contributed by atoms with Gasteiger partial charge in [0.2, 0.25) is 5.91 Å². The number of carbonyl (C=O) groups is 1. The highest BCUT2D eigenvalue weighted by molar-refractivity contribution is 7.14. The normalized spacial score (nSPS) is 10.9. The number of rotatable bonds is 4.